The van der Waals surface area contributed by atoms with Gasteiger partial charge >= 0.3 is 5.97 Å². The summed E-state index contributed by atoms with van der Waals surface area (Å²) < 4.78 is 36.1. The van der Waals surface area contributed by atoms with E-state index in [-0.39, 0.29) is 25.4 Å². The highest BCUT2D eigenvalue weighted by molar-refractivity contribution is 7.39. The summed E-state index contributed by atoms with van der Waals surface area (Å²) in [6.45, 7) is 5.60. The number of carbonyl (C=O) groups is 1. The smallest absolute Gasteiger partial charge is 0.305 e. The Hall–Kier alpha value is -2.05. The van der Waals surface area contributed by atoms with Gasteiger partial charge in [0.1, 0.15) is 5.82 Å². The van der Waals surface area contributed by atoms with E-state index in [4.69, 9.17) is 14.4 Å². The third-order valence-corrected chi connectivity index (χ3v) is 5.69. The number of rotatable bonds is 10. The van der Waals surface area contributed by atoms with Crippen molar-refractivity contribution in [2.45, 2.75) is 39.9 Å². The summed E-state index contributed by atoms with van der Waals surface area (Å²) in [5, 5.41) is 18.1. The monoisotopic (exact) mass is 424 g/mol. The van der Waals surface area contributed by atoms with Crippen molar-refractivity contribution in [3.8, 4) is 11.1 Å². The summed E-state index contributed by atoms with van der Waals surface area (Å²) in [7, 11) is -2.61. The molecule has 0 amide bonds. The number of aryl methyl sites for hydroxylation is 3. The van der Waals surface area contributed by atoms with Crippen LogP contribution in [0.5, 0.6) is 0 Å². The maximum absolute atomic E-state index is 13.6. The van der Waals surface area contributed by atoms with Gasteiger partial charge in [-0.05, 0) is 60.7 Å². The van der Waals surface area contributed by atoms with Crippen LogP contribution in [0.3, 0.4) is 0 Å². The molecule has 158 valence electrons. The Bertz CT molecular complexity index is 899. The van der Waals surface area contributed by atoms with Gasteiger partial charge in [0.2, 0.25) is 0 Å². The number of hydrogen-bond donors (Lipinski definition) is 2. The average molecular weight is 424 g/mol. The largest absolute Gasteiger partial charge is 0.481 e. The second-order valence-electron chi connectivity index (χ2n) is 7.01. The zero-order chi connectivity index (χ0) is 21.6. The van der Waals surface area contributed by atoms with Crippen LogP contribution in [-0.4, -0.2) is 35.2 Å². The molecule has 6 nitrogen and oxygen atoms in total. The van der Waals surface area contributed by atoms with Crippen molar-refractivity contribution < 1.29 is 33.2 Å². The quantitative estimate of drug-likeness (QED) is 0.337. The fourth-order valence-electron chi connectivity index (χ4n) is 3.04. The Kier molecular flexibility index (Phi) is 8.53. The van der Waals surface area contributed by atoms with E-state index in [1.165, 1.54) is 6.07 Å². The lowest BCUT2D eigenvalue weighted by atomic mass is 9.93. The molecule has 2 aromatic carbocycles. The topological polar surface area (TPSA) is 93.1 Å². The van der Waals surface area contributed by atoms with Gasteiger partial charge in [-0.25, -0.2) is 4.39 Å². The standard InChI is InChI=1S/C21H26FO6P/c1-13-6-14(2)19(18(7-13)16-4-5-20(22)15(3)8-16)10-27-12-28-29(26)11-17(23)9-21(24)25/h4-8,17,23,29H,9-12H2,1-3H3,(H,24,25)/t17-/m0/s1. The summed E-state index contributed by atoms with van der Waals surface area (Å²) in [5.74, 6) is -1.43. The van der Waals surface area contributed by atoms with Crippen molar-refractivity contribution in [1.29, 1.82) is 0 Å². The first-order chi connectivity index (χ1) is 13.7. The van der Waals surface area contributed by atoms with Crippen LogP contribution in [0.2, 0.25) is 0 Å². The molecule has 29 heavy (non-hydrogen) atoms. The third kappa shape index (κ3) is 7.05. The number of aliphatic hydroxyl groups excluding tert-OH is 1. The first-order valence-corrected chi connectivity index (χ1v) is 10.7. The zero-order valence-electron chi connectivity index (χ0n) is 16.7. The van der Waals surface area contributed by atoms with Crippen LogP contribution in [0, 0.1) is 26.6 Å². The molecule has 0 saturated heterocycles. The lowest BCUT2D eigenvalue weighted by Gasteiger charge is -2.16. The number of ether oxygens (including phenoxy) is 1. The molecule has 2 atom stereocenters. The molecular formula is C21H26FO6P. The molecule has 0 saturated carbocycles. The molecule has 0 aliphatic carbocycles. The van der Waals surface area contributed by atoms with Gasteiger partial charge in [0.15, 0.2) is 14.8 Å². The van der Waals surface area contributed by atoms with Crippen LogP contribution < -0.4 is 0 Å². The minimum Gasteiger partial charge on any atom is -0.481 e. The van der Waals surface area contributed by atoms with Crippen LogP contribution in [0.25, 0.3) is 11.1 Å². The van der Waals surface area contributed by atoms with Crippen molar-refractivity contribution in [3.05, 3.63) is 58.4 Å². The molecule has 0 heterocycles. The van der Waals surface area contributed by atoms with E-state index in [9.17, 15) is 18.9 Å². The van der Waals surface area contributed by atoms with E-state index in [2.05, 4.69) is 0 Å². The highest BCUT2D eigenvalue weighted by Gasteiger charge is 2.14. The maximum Gasteiger partial charge on any atom is 0.305 e. The molecule has 8 heteroatoms. The number of carboxylic acids is 1. The van der Waals surface area contributed by atoms with Gasteiger partial charge in [0.05, 0.1) is 19.1 Å². The molecule has 0 aliphatic heterocycles. The predicted octanol–water partition coefficient (Wildman–Crippen LogP) is 4.22. The number of benzene rings is 2. The second-order valence-corrected chi connectivity index (χ2v) is 8.45. The number of halogens is 1. The van der Waals surface area contributed by atoms with E-state index in [0.29, 0.717) is 5.56 Å². The van der Waals surface area contributed by atoms with Crippen LogP contribution in [0.15, 0.2) is 30.3 Å². The summed E-state index contributed by atoms with van der Waals surface area (Å²) in [5.41, 5.74) is 5.34. The molecule has 2 N–H and O–H groups in total. The number of hydrogen-bond acceptors (Lipinski definition) is 5. The molecule has 2 aromatic rings. The summed E-state index contributed by atoms with van der Waals surface area (Å²) in [6, 6.07) is 8.96. The molecule has 0 radical (unpaired) electrons. The molecule has 2 rings (SSSR count). The number of carboxylic acid groups (broad SMARTS) is 1. The minimum atomic E-state index is -2.61. The van der Waals surface area contributed by atoms with Crippen molar-refractivity contribution >= 4 is 14.0 Å². The Morgan fingerprint density at radius 2 is 1.90 bits per heavy atom. The average Bonchev–Trinajstić information content (AvgIpc) is 2.61. The van der Waals surface area contributed by atoms with Crippen molar-refractivity contribution in [3.63, 3.8) is 0 Å². The van der Waals surface area contributed by atoms with Gasteiger partial charge in [-0.3, -0.25) is 9.36 Å². The third-order valence-electron chi connectivity index (χ3n) is 4.45. The van der Waals surface area contributed by atoms with Crippen molar-refractivity contribution in [2.75, 3.05) is 13.0 Å². The van der Waals surface area contributed by atoms with E-state index >= 15 is 0 Å². The molecule has 0 fully saturated rings. The lowest BCUT2D eigenvalue weighted by molar-refractivity contribution is -0.138. The molecule has 0 bridgehead atoms. The number of aliphatic carboxylic acids is 1. The van der Waals surface area contributed by atoms with Gasteiger partial charge in [0, 0.05) is 6.16 Å². The Morgan fingerprint density at radius 3 is 2.55 bits per heavy atom. The van der Waals surface area contributed by atoms with Crippen molar-refractivity contribution in [1.82, 2.24) is 0 Å². The van der Waals surface area contributed by atoms with Gasteiger partial charge < -0.3 is 19.5 Å². The minimum absolute atomic E-state index is 0.199. The lowest BCUT2D eigenvalue weighted by Crippen LogP contribution is -2.15. The van der Waals surface area contributed by atoms with Crippen LogP contribution in [0.1, 0.15) is 28.7 Å². The highest BCUT2D eigenvalue weighted by atomic mass is 31.1. The Balaban J connectivity index is 2.03. The molecular weight excluding hydrogens is 398 g/mol. The summed E-state index contributed by atoms with van der Waals surface area (Å²) in [4.78, 5) is 10.5. The molecule has 0 spiro atoms. The Morgan fingerprint density at radius 1 is 1.17 bits per heavy atom. The van der Waals surface area contributed by atoms with E-state index in [0.717, 1.165) is 27.8 Å². The normalized spacial score (nSPS) is 13.3. The predicted molar refractivity (Wildman–Crippen MR) is 109 cm³/mol. The SMILES string of the molecule is Cc1cc(C)c(COCO[PH](=O)C[C@@H](O)CC(=O)O)c(-c2ccc(F)c(C)c2)c1. The Labute approximate surface area is 170 Å². The van der Waals surface area contributed by atoms with Crippen LogP contribution in [-0.2, 0) is 25.2 Å². The van der Waals surface area contributed by atoms with E-state index in [1.54, 1.807) is 19.1 Å². The molecule has 0 aromatic heterocycles. The maximum atomic E-state index is 13.6. The molecule has 1 unspecified atom stereocenters. The summed E-state index contributed by atoms with van der Waals surface area (Å²) >= 11 is 0. The fourth-order valence-corrected chi connectivity index (χ4v) is 3.90. The van der Waals surface area contributed by atoms with Gasteiger partial charge in [-0.15, -0.1) is 0 Å². The zero-order valence-corrected chi connectivity index (χ0v) is 17.7. The van der Waals surface area contributed by atoms with E-state index < -0.39 is 26.5 Å². The summed E-state index contributed by atoms with van der Waals surface area (Å²) in [6.07, 6.45) is -1.93. The number of aliphatic hydroxyl groups is 1. The molecule has 0 aliphatic rings. The van der Waals surface area contributed by atoms with Gasteiger partial charge in [-0.2, -0.15) is 0 Å². The fraction of sp³-hybridized carbons (Fsp3) is 0.381. The van der Waals surface area contributed by atoms with E-state index in [1.807, 2.05) is 26.0 Å². The first kappa shape index (κ1) is 23.2. The van der Waals surface area contributed by atoms with Gasteiger partial charge in [0.25, 0.3) is 0 Å². The second kappa shape index (κ2) is 10.6. The van der Waals surface area contributed by atoms with Crippen LogP contribution >= 0.6 is 8.03 Å². The van der Waals surface area contributed by atoms with Crippen LogP contribution in [0.4, 0.5) is 4.39 Å². The highest BCUT2D eigenvalue weighted by Crippen LogP contribution is 2.30. The van der Waals surface area contributed by atoms with Gasteiger partial charge in [-0.1, -0.05) is 23.8 Å². The first-order valence-electron chi connectivity index (χ1n) is 9.17. The van der Waals surface area contributed by atoms with Crippen molar-refractivity contribution in [2.24, 2.45) is 0 Å².